The molecule has 5 heteroatoms. The molecule has 2 atom stereocenters. The van der Waals surface area contributed by atoms with Crippen LogP contribution in [0.1, 0.15) is 32.8 Å². The number of nitrogens with zero attached hydrogens (tertiary/aromatic N) is 1. The van der Waals surface area contributed by atoms with Crippen molar-refractivity contribution in [3.8, 4) is 0 Å². The van der Waals surface area contributed by atoms with Crippen molar-refractivity contribution in [2.24, 2.45) is 5.92 Å². The second-order valence-corrected chi connectivity index (χ2v) is 7.64. The predicted octanol–water partition coefficient (Wildman–Crippen LogP) is 3.73. The second-order valence-electron chi connectivity index (χ2n) is 7.20. The highest BCUT2D eigenvalue weighted by atomic mass is 35.5. The van der Waals surface area contributed by atoms with E-state index in [4.69, 9.17) is 16.3 Å². The van der Waals surface area contributed by atoms with Gasteiger partial charge in [0.25, 0.3) is 0 Å². The first-order valence-electron chi connectivity index (χ1n) is 8.18. The van der Waals surface area contributed by atoms with E-state index in [1.807, 2.05) is 50.9 Å². The smallest absolute Gasteiger partial charge is 0.410 e. The van der Waals surface area contributed by atoms with Crippen LogP contribution < -0.4 is 5.32 Å². The lowest BCUT2D eigenvalue weighted by Crippen LogP contribution is -2.39. The largest absolute Gasteiger partial charge is 0.444 e. The molecule has 1 amide bonds. The lowest BCUT2D eigenvalue weighted by molar-refractivity contribution is 0.0285. The van der Waals surface area contributed by atoms with Crippen LogP contribution in [0, 0.1) is 5.92 Å². The van der Waals surface area contributed by atoms with Crippen molar-refractivity contribution in [3.05, 3.63) is 34.9 Å². The molecule has 0 aliphatic carbocycles. The number of carbonyl (C=O) groups excluding carboxylic acids is 1. The Hall–Kier alpha value is -1.26. The van der Waals surface area contributed by atoms with E-state index in [0.717, 1.165) is 31.0 Å². The van der Waals surface area contributed by atoms with Gasteiger partial charge in [0.15, 0.2) is 0 Å². The molecule has 2 unspecified atom stereocenters. The summed E-state index contributed by atoms with van der Waals surface area (Å²) in [5, 5.41) is 4.16. The summed E-state index contributed by atoms with van der Waals surface area (Å²) in [6.07, 6.45) is 1.69. The number of hydrogen-bond acceptors (Lipinski definition) is 3. The molecule has 1 aromatic carbocycles. The van der Waals surface area contributed by atoms with Crippen LogP contribution in [0.3, 0.4) is 0 Å². The molecule has 128 valence electrons. The molecule has 0 aromatic heterocycles. The molecule has 2 rings (SSSR count). The summed E-state index contributed by atoms with van der Waals surface area (Å²) in [5.41, 5.74) is 0.769. The van der Waals surface area contributed by atoms with Crippen LogP contribution in [-0.2, 0) is 11.2 Å². The minimum atomic E-state index is -0.446. The van der Waals surface area contributed by atoms with Gasteiger partial charge in [0, 0.05) is 24.2 Å². The molecule has 0 saturated carbocycles. The molecule has 1 aliphatic rings. The number of rotatable bonds is 4. The zero-order valence-electron chi connectivity index (χ0n) is 14.4. The van der Waals surface area contributed by atoms with Crippen molar-refractivity contribution < 1.29 is 9.53 Å². The van der Waals surface area contributed by atoms with E-state index in [1.54, 1.807) is 0 Å². The number of likely N-dealkylation sites (tertiary alicyclic amines) is 1. The van der Waals surface area contributed by atoms with Crippen LogP contribution in [0.25, 0.3) is 0 Å². The van der Waals surface area contributed by atoms with Gasteiger partial charge in [-0.1, -0.05) is 23.7 Å². The number of likely N-dealkylation sites (N-methyl/N-ethyl adjacent to an activating group) is 1. The van der Waals surface area contributed by atoms with Crippen LogP contribution in [0.4, 0.5) is 4.79 Å². The van der Waals surface area contributed by atoms with E-state index >= 15 is 0 Å². The highest BCUT2D eigenvalue weighted by Crippen LogP contribution is 2.24. The summed E-state index contributed by atoms with van der Waals surface area (Å²) in [7, 11) is 1.98. The number of nitrogens with one attached hydrogen (secondary N) is 1. The highest BCUT2D eigenvalue weighted by molar-refractivity contribution is 6.30. The molecule has 1 aliphatic heterocycles. The van der Waals surface area contributed by atoms with Crippen LogP contribution in [-0.4, -0.2) is 42.8 Å². The molecule has 1 saturated heterocycles. The van der Waals surface area contributed by atoms with Crippen molar-refractivity contribution in [2.75, 3.05) is 20.1 Å². The number of hydrogen-bond donors (Lipinski definition) is 1. The monoisotopic (exact) mass is 338 g/mol. The van der Waals surface area contributed by atoms with E-state index in [1.165, 1.54) is 5.56 Å². The first-order valence-corrected chi connectivity index (χ1v) is 8.56. The number of halogens is 1. The third-order valence-corrected chi connectivity index (χ3v) is 4.40. The minimum absolute atomic E-state index is 0.211. The first kappa shape index (κ1) is 18.1. The van der Waals surface area contributed by atoms with Crippen molar-refractivity contribution in [1.29, 1.82) is 0 Å². The van der Waals surface area contributed by atoms with Gasteiger partial charge in [-0.3, -0.25) is 0 Å². The molecule has 1 aromatic rings. The van der Waals surface area contributed by atoms with E-state index in [0.29, 0.717) is 12.0 Å². The predicted molar refractivity (Wildman–Crippen MR) is 93.9 cm³/mol. The van der Waals surface area contributed by atoms with Crippen molar-refractivity contribution in [3.63, 3.8) is 0 Å². The topological polar surface area (TPSA) is 41.6 Å². The molecule has 1 fully saturated rings. The molecule has 23 heavy (non-hydrogen) atoms. The van der Waals surface area contributed by atoms with Gasteiger partial charge in [0.05, 0.1) is 0 Å². The zero-order valence-corrected chi connectivity index (χ0v) is 15.2. The van der Waals surface area contributed by atoms with Crippen molar-refractivity contribution >= 4 is 17.7 Å². The maximum atomic E-state index is 12.2. The number of amides is 1. The molecular formula is C18H27ClN2O2. The maximum absolute atomic E-state index is 12.2. The standard InChI is InChI=1S/C18H27ClN2O2/c1-18(2,3)23-17(22)21-9-8-14(12-21)16(20-4)11-13-6-5-7-15(19)10-13/h5-7,10,14,16,20H,8-9,11-12H2,1-4H3. The first-order chi connectivity index (χ1) is 10.8. The van der Waals surface area contributed by atoms with Gasteiger partial charge in [-0.15, -0.1) is 0 Å². The summed E-state index contributed by atoms with van der Waals surface area (Å²) < 4.78 is 5.47. The SMILES string of the molecule is CNC(Cc1cccc(Cl)c1)C1CCN(C(=O)OC(C)(C)C)C1. The molecular weight excluding hydrogens is 312 g/mol. The van der Waals surface area contributed by atoms with Crippen LogP contribution in [0.2, 0.25) is 5.02 Å². The van der Waals surface area contributed by atoms with E-state index in [9.17, 15) is 4.79 Å². The molecule has 4 nitrogen and oxygen atoms in total. The lowest BCUT2D eigenvalue weighted by atomic mass is 9.93. The molecule has 1 heterocycles. The fourth-order valence-electron chi connectivity index (χ4n) is 3.03. The zero-order chi connectivity index (χ0) is 17.0. The summed E-state index contributed by atoms with van der Waals surface area (Å²) in [6.45, 7) is 7.18. The molecule has 0 radical (unpaired) electrons. The van der Waals surface area contributed by atoms with Gasteiger partial charge in [-0.25, -0.2) is 4.79 Å². The number of carbonyl (C=O) groups is 1. The Balaban J connectivity index is 1.94. The molecule has 0 spiro atoms. The Bertz CT molecular complexity index is 542. The lowest BCUT2D eigenvalue weighted by Gasteiger charge is -2.26. The maximum Gasteiger partial charge on any atom is 0.410 e. The molecule has 0 bridgehead atoms. The highest BCUT2D eigenvalue weighted by Gasteiger charge is 2.33. The van der Waals surface area contributed by atoms with E-state index in [2.05, 4.69) is 11.4 Å². The Morgan fingerprint density at radius 2 is 2.22 bits per heavy atom. The van der Waals surface area contributed by atoms with Gasteiger partial charge in [-0.2, -0.15) is 0 Å². The number of benzene rings is 1. The van der Waals surface area contributed by atoms with Gasteiger partial charge >= 0.3 is 6.09 Å². The quantitative estimate of drug-likeness (QED) is 0.909. The van der Waals surface area contributed by atoms with Crippen molar-refractivity contribution in [1.82, 2.24) is 10.2 Å². The average molecular weight is 339 g/mol. The fraction of sp³-hybridized carbons (Fsp3) is 0.611. The Kier molecular flexibility index (Phi) is 5.93. The normalized spacial score (nSPS) is 19.7. The third-order valence-electron chi connectivity index (χ3n) is 4.16. The van der Waals surface area contributed by atoms with E-state index in [-0.39, 0.29) is 6.09 Å². The van der Waals surface area contributed by atoms with Gasteiger partial charge < -0.3 is 15.0 Å². The Morgan fingerprint density at radius 1 is 1.48 bits per heavy atom. The van der Waals surface area contributed by atoms with Gasteiger partial charge in [0.1, 0.15) is 5.60 Å². The second kappa shape index (κ2) is 7.54. The van der Waals surface area contributed by atoms with Crippen LogP contribution in [0.5, 0.6) is 0 Å². The van der Waals surface area contributed by atoms with Crippen LogP contribution >= 0.6 is 11.6 Å². The molecule has 1 N–H and O–H groups in total. The van der Waals surface area contributed by atoms with Gasteiger partial charge in [0.2, 0.25) is 0 Å². The summed E-state index contributed by atoms with van der Waals surface area (Å²) >= 11 is 6.07. The Morgan fingerprint density at radius 3 is 2.83 bits per heavy atom. The summed E-state index contributed by atoms with van der Waals surface area (Å²) in [5.74, 6) is 0.423. The fourth-order valence-corrected chi connectivity index (χ4v) is 3.24. The van der Waals surface area contributed by atoms with Crippen molar-refractivity contribution in [2.45, 2.75) is 45.3 Å². The summed E-state index contributed by atoms with van der Waals surface area (Å²) in [4.78, 5) is 14.0. The minimum Gasteiger partial charge on any atom is -0.444 e. The number of ether oxygens (including phenoxy) is 1. The average Bonchev–Trinajstić information content (AvgIpc) is 2.93. The van der Waals surface area contributed by atoms with Crippen LogP contribution in [0.15, 0.2) is 24.3 Å². The third kappa shape index (κ3) is 5.40. The Labute approximate surface area is 144 Å². The van der Waals surface area contributed by atoms with E-state index < -0.39 is 5.60 Å². The summed E-state index contributed by atoms with van der Waals surface area (Å²) in [6, 6.07) is 8.29. The van der Waals surface area contributed by atoms with Gasteiger partial charge in [-0.05, 0) is 64.3 Å².